The van der Waals surface area contributed by atoms with Gasteiger partial charge in [0.2, 0.25) is 0 Å². The van der Waals surface area contributed by atoms with Crippen molar-refractivity contribution in [1.82, 2.24) is 4.98 Å². The van der Waals surface area contributed by atoms with Gasteiger partial charge < -0.3 is 19.9 Å². The molecule has 0 aliphatic carbocycles. The molecule has 13 heteroatoms. The maximum Gasteiger partial charge on any atom is 0.417 e. The number of benzene rings is 1. The third kappa shape index (κ3) is 4.64. The Labute approximate surface area is 195 Å². The number of pyridine rings is 1. The molecule has 2 N–H and O–H groups in total. The van der Waals surface area contributed by atoms with Crippen molar-refractivity contribution < 1.29 is 50.5 Å². The van der Waals surface area contributed by atoms with Crippen LogP contribution in [0.25, 0.3) is 0 Å². The van der Waals surface area contributed by atoms with E-state index in [-0.39, 0.29) is 16.9 Å². The summed E-state index contributed by atoms with van der Waals surface area (Å²) >= 11 is 0. The van der Waals surface area contributed by atoms with Crippen LogP contribution in [0.2, 0.25) is 0 Å². The number of carboxylic acid groups (broad SMARTS) is 1. The third-order valence-electron chi connectivity index (χ3n) is 6.13. The molecular weight excluding hydrogens is 486 g/mol. The van der Waals surface area contributed by atoms with Gasteiger partial charge in [0.05, 0.1) is 24.6 Å². The molecule has 1 aromatic carbocycles. The number of alkyl halides is 5. The van der Waals surface area contributed by atoms with Crippen LogP contribution >= 0.6 is 0 Å². The molecule has 35 heavy (non-hydrogen) atoms. The van der Waals surface area contributed by atoms with E-state index >= 15 is 0 Å². The van der Waals surface area contributed by atoms with Gasteiger partial charge in [-0.3, -0.25) is 4.79 Å². The summed E-state index contributed by atoms with van der Waals surface area (Å²) in [5.41, 5.74) is -4.66. The average Bonchev–Trinajstić information content (AvgIpc) is 3.05. The first kappa shape index (κ1) is 26.3. The van der Waals surface area contributed by atoms with Crippen LogP contribution in [0.5, 0.6) is 5.75 Å². The zero-order chi connectivity index (χ0) is 26.3. The predicted molar refractivity (Wildman–Crippen MR) is 109 cm³/mol. The first-order valence-corrected chi connectivity index (χ1v) is 10.1. The summed E-state index contributed by atoms with van der Waals surface area (Å²) in [6.45, 7) is 1.87. The molecule has 4 atom stereocenters. The summed E-state index contributed by atoms with van der Waals surface area (Å²) < 4.78 is 93.4. The Kier molecular flexibility index (Phi) is 7.02. The van der Waals surface area contributed by atoms with E-state index in [1.807, 2.05) is 0 Å². The zero-order valence-corrected chi connectivity index (χ0v) is 18.5. The highest BCUT2D eigenvalue weighted by molar-refractivity contribution is 5.95. The van der Waals surface area contributed by atoms with E-state index < -0.39 is 65.1 Å². The normalized spacial score (nSPS) is 24.5. The van der Waals surface area contributed by atoms with Gasteiger partial charge in [0, 0.05) is 17.4 Å². The quantitative estimate of drug-likeness (QED) is 0.539. The smallest absolute Gasteiger partial charge is 0.417 e. The van der Waals surface area contributed by atoms with Gasteiger partial charge >= 0.3 is 12.1 Å². The molecule has 1 amide bonds. The first-order chi connectivity index (χ1) is 16.2. The maximum absolute atomic E-state index is 14.1. The Balaban J connectivity index is 2.09. The number of methoxy groups -OCH3 is 1. The number of aromatic nitrogens is 1. The molecule has 1 saturated heterocycles. The first-order valence-electron chi connectivity index (χ1n) is 10.1. The van der Waals surface area contributed by atoms with Gasteiger partial charge in [-0.1, -0.05) is 13.0 Å². The molecule has 7 nitrogen and oxygen atoms in total. The number of aromatic carboxylic acids is 1. The van der Waals surface area contributed by atoms with Crippen LogP contribution in [0.1, 0.15) is 47.8 Å². The maximum atomic E-state index is 14.1. The van der Waals surface area contributed by atoms with E-state index in [0.717, 1.165) is 45.4 Å². The lowest BCUT2D eigenvalue weighted by molar-refractivity contribution is -0.272. The van der Waals surface area contributed by atoms with Crippen LogP contribution in [-0.4, -0.2) is 47.0 Å². The van der Waals surface area contributed by atoms with Gasteiger partial charge in [-0.2, -0.15) is 13.2 Å². The van der Waals surface area contributed by atoms with E-state index in [1.165, 1.54) is 0 Å². The third-order valence-corrected chi connectivity index (χ3v) is 6.13. The van der Waals surface area contributed by atoms with Crippen molar-refractivity contribution >= 4 is 17.6 Å². The van der Waals surface area contributed by atoms with E-state index in [0.29, 0.717) is 6.07 Å². The molecule has 0 unspecified atom stereocenters. The van der Waals surface area contributed by atoms with Crippen molar-refractivity contribution in [3.8, 4) is 5.75 Å². The summed E-state index contributed by atoms with van der Waals surface area (Å²) in [5.74, 6) is -7.38. The molecular formula is C22H20F6N2O5. The number of halogens is 6. The van der Waals surface area contributed by atoms with Crippen LogP contribution in [0.3, 0.4) is 0 Å². The van der Waals surface area contributed by atoms with E-state index in [9.17, 15) is 35.9 Å². The standard InChI is InChI=1S/C22H20F6N2O5/c1-9-14(11-5-6-12(23)15(18(24)25)16(11)34-3)17(35-21(9,2)22(26,27)28)19(31)30-10-4-7-13(20(32)33)29-8-10/h4-9,14,17-18H,1-3H3,(H,30,31)(H,32,33)/t9-,14-,17+,21+/m0/s1. The number of rotatable bonds is 6. The number of hydrogen-bond donors (Lipinski definition) is 2. The fraction of sp³-hybridized carbons (Fsp3) is 0.409. The Bertz CT molecular complexity index is 1120. The number of nitrogens with one attached hydrogen (secondary N) is 1. The van der Waals surface area contributed by atoms with Gasteiger partial charge in [-0.25, -0.2) is 22.9 Å². The van der Waals surface area contributed by atoms with Gasteiger partial charge in [0.25, 0.3) is 12.3 Å². The highest BCUT2D eigenvalue weighted by Crippen LogP contribution is 2.55. The van der Waals surface area contributed by atoms with Crippen molar-refractivity contribution in [3.05, 3.63) is 53.1 Å². The molecule has 1 fully saturated rings. The van der Waals surface area contributed by atoms with Crippen LogP contribution < -0.4 is 10.1 Å². The van der Waals surface area contributed by atoms with Crippen molar-refractivity contribution in [2.45, 2.75) is 44.1 Å². The number of nitrogens with zero attached hydrogens (tertiary/aromatic N) is 1. The molecule has 3 rings (SSSR count). The van der Waals surface area contributed by atoms with Gasteiger partial charge in [-0.05, 0) is 25.1 Å². The van der Waals surface area contributed by atoms with Crippen molar-refractivity contribution in [1.29, 1.82) is 0 Å². The van der Waals surface area contributed by atoms with Crippen molar-refractivity contribution in [3.63, 3.8) is 0 Å². The molecule has 2 aromatic rings. The molecule has 190 valence electrons. The number of amides is 1. The molecule has 0 spiro atoms. The fourth-order valence-electron chi connectivity index (χ4n) is 4.12. The molecule has 2 heterocycles. The van der Waals surface area contributed by atoms with Gasteiger partial charge in [0.1, 0.15) is 23.4 Å². The van der Waals surface area contributed by atoms with Gasteiger partial charge in [-0.15, -0.1) is 0 Å². The Hall–Kier alpha value is -3.35. The van der Waals surface area contributed by atoms with E-state index in [1.54, 1.807) is 0 Å². The molecule has 1 aromatic heterocycles. The largest absolute Gasteiger partial charge is 0.496 e. The topological polar surface area (TPSA) is 97.8 Å². The Morgan fingerprint density at radius 2 is 1.89 bits per heavy atom. The number of anilines is 1. The van der Waals surface area contributed by atoms with Gasteiger partial charge in [0.15, 0.2) is 5.60 Å². The predicted octanol–water partition coefficient (Wildman–Crippen LogP) is 4.94. The summed E-state index contributed by atoms with van der Waals surface area (Å²) in [5, 5.41) is 11.2. The Morgan fingerprint density at radius 1 is 1.23 bits per heavy atom. The second-order valence-corrected chi connectivity index (χ2v) is 8.07. The SMILES string of the molecule is COc1c([C@H]2[C@H](C(=O)Nc3ccc(C(=O)O)nc3)O[C@@](C)(C(F)(F)F)[C@H]2C)ccc(F)c1C(F)F. The van der Waals surface area contributed by atoms with Crippen molar-refractivity contribution in [2.75, 3.05) is 12.4 Å². The fourth-order valence-corrected chi connectivity index (χ4v) is 4.12. The number of carboxylic acids is 1. The minimum absolute atomic E-state index is 0.0463. The molecule has 1 aliphatic rings. The second-order valence-electron chi connectivity index (χ2n) is 8.07. The summed E-state index contributed by atoms with van der Waals surface area (Å²) in [6, 6.07) is 3.87. The summed E-state index contributed by atoms with van der Waals surface area (Å²) in [4.78, 5) is 27.6. The number of hydrogen-bond acceptors (Lipinski definition) is 5. The van der Waals surface area contributed by atoms with Crippen LogP contribution in [-0.2, 0) is 9.53 Å². The van der Waals surface area contributed by atoms with Crippen molar-refractivity contribution in [2.24, 2.45) is 5.92 Å². The van der Waals surface area contributed by atoms with Crippen LogP contribution in [0, 0.1) is 11.7 Å². The monoisotopic (exact) mass is 506 g/mol. The molecule has 0 radical (unpaired) electrons. The summed E-state index contributed by atoms with van der Waals surface area (Å²) in [7, 11) is 0.957. The lowest BCUT2D eigenvalue weighted by atomic mass is 9.76. The number of carbonyl (C=O) groups excluding carboxylic acids is 1. The molecule has 0 saturated carbocycles. The minimum atomic E-state index is -4.96. The lowest BCUT2D eigenvalue weighted by Gasteiger charge is -2.32. The summed E-state index contributed by atoms with van der Waals surface area (Å²) in [6.07, 6.45) is -9.18. The molecule has 0 bridgehead atoms. The number of carbonyl (C=O) groups is 2. The number of ether oxygens (including phenoxy) is 2. The van der Waals surface area contributed by atoms with E-state index in [2.05, 4.69) is 10.3 Å². The Morgan fingerprint density at radius 3 is 2.37 bits per heavy atom. The lowest BCUT2D eigenvalue weighted by Crippen LogP contribution is -2.47. The van der Waals surface area contributed by atoms with Crippen LogP contribution in [0.15, 0.2) is 30.5 Å². The van der Waals surface area contributed by atoms with E-state index in [4.69, 9.17) is 14.6 Å². The minimum Gasteiger partial charge on any atom is -0.496 e. The molecule has 1 aliphatic heterocycles. The second kappa shape index (κ2) is 9.36. The average molecular weight is 506 g/mol. The highest BCUT2D eigenvalue weighted by Gasteiger charge is 2.66. The van der Waals surface area contributed by atoms with Crippen LogP contribution in [0.4, 0.5) is 32.0 Å². The highest BCUT2D eigenvalue weighted by atomic mass is 19.4. The zero-order valence-electron chi connectivity index (χ0n) is 18.5.